The highest BCUT2D eigenvalue weighted by Crippen LogP contribution is 2.12. The molecule has 0 bridgehead atoms. The molecule has 2 aromatic heterocycles. The molecule has 0 unspecified atom stereocenters. The number of hydrogen-bond acceptors (Lipinski definition) is 4. The molecule has 0 fully saturated rings. The summed E-state index contributed by atoms with van der Waals surface area (Å²) in [5.74, 6) is 1.51. The monoisotopic (exact) mass is 229 g/mol. The van der Waals surface area contributed by atoms with Gasteiger partial charge < -0.3 is 10.1 Å². The number of nitrogens with one attached hydrogen (secondary N) is 1. The van der Waals surface area contributed by atoms with Gasteiger partial charge in [-0.3, -0.25) is 0 Å². The zero-order valence-electron chi connectivity index (χ0n) is 9.97. The summed E-state index contributed by atoms with van der Waals surface area (Å²) in [7, 11) is 1.61. The maximum absolute atomic E-state index is 5.08. The molecule has 0 saturated heterocycles. The standard InChI is InChI=1S/C13H15N3O/c1-10-5-4-8-14-13(10)15-9-11-6-3-7-12(16-11)17-2/h3-8H,9H2,1-2H3,(H,14,15). The Morgan fingerprint density at radius 3 is 2.88 bits per heavy atom. The van der Waals surface area contributed by atoms with Crippen molar-refractivity contribution in [2.24, 2.45) is 0 Å². The normalized spacial score (nSPS) is 10.0. The number of rotatable bonds is 4. The van der Waals surface area contributed by atoms with Crippen LogP contribution in [0.15, 0.2) is 36.5 Å². The minimum atomic E-state index is 0.627. The number of hydrogen-bond donors (Lipinski definition) is 1. The summed E-state index contributed by atoms with van der Waals surface area (Å²) < 4.78 is 5.08. The van der Waals surface area contributed by atoms with Crippen LogP contribution in [0.1, 0.15) is 11.3 Å². The number of nitrogens with zero attached hydrogens (tertiary/aromatic N) is 2. The van der Waals surface area contributed by atoms with E-state index < -0.39 is 0 Å². The van der Waals surface area contributed by atoms with Crippen molar-refractivity contribution in [2.45, 2.75) is 13.5 Å². The van der Waals surface area contributed by atoms with Crippen LogP contribution < -0.4 is 10.1 Å². The van der Waals surface area contributed by atoms with Crippen LogP contribution in [0.5, 0.6) is 5.88 Å². The second kappa shape index (κ2) is 5.30. The zero-order valence-corrected chi connectivity index (χ0v) is 9.97. The Hall–Kier alpha value is -2.10. The summed E-state index contributed by atoms with van der Waals surface area (Å²) in [6.45, 7) is 2.66. The third-order valence-corrected chi connectivity index (χ3v) is 2.44. The van der Waals surface area contributed by atoms with Gasteiger partial charge in [0.1, 0.15) is 5.82 Å². The summed E-state index contributed by atoms with van der Waals surface area (Å²) in [6, 6.07) is 9.65. The SMILES string of the molecule is COc1cccc(CNc2ncccc2C)n1. The third kappa shape index (κ3) is 2.93. The van der Waals surface area contributed by atoms with Crippen LogP contribution in [0.2, 0.25) is 0 Å². The first-order valence-corrected chi connectivity index (χ1v) is 5.45. The Morgan fingerprint density at radius 1 is 1.24 bits per heavy atom. The molecule has 0 aliphatic heterocycles. The number of ether oxygens (including phenoxy) is 1. The van der Waals surface area contributed by atoms with Crippen molar-refractivity contribution >= 4 is 5.82 Å². The van der Waals surface area contributed by atoms with E-state index in [4.69, 9.17) is 4.74 Å². The molecule has 4 heteroatoms. The lowest BCUT2D eigenvalue weighted by Crippen LogP contribution is -2.04. The lowest BCUT2D eigenvalue weighted by molar-refractivity contribution is 0.396. The highest BCUT2D eigenvalue weighted by atomic mass is 16.5. The Balaban J connectivity index is 2.05. The number of anilines is 1. The predicted octanol–water partition coefficient (Wildman–Crippen LogP) is 2.41. The van der Waals surface area contributed by atoms with Crippen LogP contribution in [-0.2, 0) is 6.54 Å². The minimum absolute atomic E-state index is 0.627. The van der Waals surface area contributed by atoms with Crippen molar-refractivity contribution in [1.82, 2.24) is 9.97 Å². The molecule has 0 radical (unpaired) electrons. The zero-order chi connectivity index (χ0) is 12.1. The van der Waals surface area contributed by atoms with Gasteiger partial charge in [-0.05, 0) is 24.6 Å². The smallest absolute Gasteiger partial charge is 0.213 e. The largest absolute Gasteiger partial charge is 0.481 e. The fraction of sp³-hybridized carbons (Fsp3) is 0.231. The molecule has 0 saturated carbocycles. The van der Waals surface area contributed by atoms with Gasteiger partial charge in [0.25, 0.3) is 0 Å². The lowest BCUT2D eigenvalue weighted by Gasteiger charge is -2.08. The number of aromatic nitrogens is 2. The van der Waals surface area contributed by atoms with Gasteiger partial charge >= 0.3 is 0 Å². The number of aryl methyl sites for hydroxylation is 1. The molecule has 4 nitrogen and oxygen atoms in total. The van der Waals surface area contributed by atoms with Gasteiger partial charge in [0, 0.05) is 12.3 Å². The van der Waals surface area contributed by atoms with E-state index in [1.54, 1.807) is 13.3 Å². The molecular formula is C13H15N3O. The second-order valence-corrected chi connectivity index (χ2v) is 3.69. The quantitative estimate of drug-likeness (QED) is 0.874. The van der Waals surface area contributed by atoms with E-state index in [1.165, 1.54) is 0 Å². The first-order chi connectivity index (χ1) is 8.29. The van der Waals surface area contributed by atoms with Gasteiger partial charge in [0.05, 0.1) is 19.3 Å². The second-order valence-electron chi connectivity index (χ2n) is 3.69. The molecule has 2 aromatic rings. The highest BCUT2D eigenvalue weighted by Gasteiger charge is 2.00. The maximum Gasteiger partial charge on any atom is 0.213 e. The summed E-state index contributed by atoms with van der Waals surface area (Å²) in [5, 5.41) is 3.25. The van der Waals surface area contributed by atoms with Crippen LogP contribution in [0.4, 0.5) is 5.82 Å². The molecule has 88 valence electrons. The van der Waals surface area contributed by atoms with E-state index in [0.717, 1.165) is 17.1 Å². The lowest BCUT2D eigenvalue weighted by atomic mass is 10.3. The Labute approximate surface area is 101 Å². The van der Waals surface area contributed by atoms with Gasteiger partial charge in [-0.25, -0.2) is 9.97 Å². The minimum Gasteiger partial charge on any atom is -0.481 e. The molecule has 0 aliphatic carbocycles. The van der Waals surface area contributed by atoms with Crippen molar-refractivity contribution in [2.75, 3.05) is 12.4 Å². The third-order valence-electron chi connectivity index (χ3n) is 2.44. The van der Waals surface area contributed by atoms with Gasteiger partial charge in [0.2, 0.25) is 5.88 Å². The average molecular weight is 229 g/mol. The van der Waals surface area contributed by atoms with Crippen LogP contribution in [0.3, 0.4) is 0 Å². The van der Waals surface area contributed by atoms with E-state index >= 15 is 0 Å². The molecule has 17 heavy (non-hydrogen) atoms. The first kappa shape index (κ1) is 11.4. The Morgan fingerprint density at radius 2 is 2.12 bits per heavy atom. The van der Waals surface area contributed by atoms with Crippen LogP contribution >= 0.6 is 0 Å². The van der Waals surface area contributed by atoms with Crippen LogP contribution in [-0.4, -0.2) is 17.1 Å². The fourth-order valence-corrected chi connectivity index (χ4v) is 1.51. The van der Waals surface area contributed by atoms with Gasteiger partial charge in [-0.15, -0.1) is 0 Å². The van der Waals surface area contributed by atoms with Crippen molar-refractivity contribution in [1.29, 1.82) is 0 Å². The van der Waals surface area contributed by atoms with Crippen LogP contribution in [0.25, 0.3) is 0 Å². The number of methoxy groups -OCH3 is 1. The maximum atomic E-state index is 5.08. The molecular weight excluding hydrogens is 214 g/mol. The van der Waals surface area contributed by atoms with Gasteiger partial charge in [-0.1, -0.05) is 12.1 Å². The first-order valence-electron chi connectivity index (χ1n) is 5.45. The molecule has 0 aliphatic rings. The summed E-state index contributed by atoms with van der Waals surface area (Å²) in [6.07, 6.45) is 1.77. The number of pyridine rings is 2. The van der Waals surface area contributed by atoms with Crippen molar-refractivity contribution in [3.63, 3.8) is 0 Å². The van der Waals surface area contributed by atoms with E-state index in [-0.39, 0.29) is 0 Å². The van der Waals surface area contributed by atoms with E-state index in [1.807, 2.05) is 37.3 Å². The molecule has 0 amide bonds. The molecule has 1 N–H and O–H groups in total. The molecule has 2 heterocycles. The summed E-state index contributed by atoms with van der Waals surface area (Å²) in [4.78, 5) is 8.59. The Kier molecular flexibility index (Phi) is 3.55. The van der Waals surface area contributed by atoms with Gasteiger partial charge in [0.15, 0.2) is 0 Å². The summed E-state index contributed by atoms with van der Waals surface area (Å²) in [5.41, 5.74) is 2.05. The van der Waals surface area contributed by atoms with Crippen LogP contribution in [0, 0.1) is 6.92 Å². The molecule has 0 aromatic carbocycles. The van der Waals surface area contributed by atoms with Crippen molar-refractivity contribution < 1.29 is 4.74 Å². The van der Waals surface area contributed by atoms with E-state index in [9.17, 15) is 0 Å². The fourth-order valence-electron chi connectivity index (χ4n) is 1.51. The molecule has 0 atom stereocenters. The average Bonchev–Trinajstić information content (AvgIpc) is 2.38. The summed E-state index contributed by atoms with van der Waals surface area (Å²) >= 11 is 0. The van der Waals surface area contributed by atoms with Crippen molar-refractivity contribution in [3.05, 3.63) is 47.8 Å². The van der Waals surface area contributed by atoms with E-state index in [0.29, 0.717) is 12.4 Å². The topological polar surface area (TPSA) is 47.0 Å². The Bertz CT molecular complexity index is 500. The van der Waals surface area contributed by atoms with E-state index in [2.05, 4.69) is 15.3 Å². The van der Waals surface area contributed by atoms with Crippen molar-refractivity contribution in [3.8, 4) is 5.88 Å². The van der Waals surface area contributed by atoms with Gasteiger partial charge in [-0.2, -0.15) is 0 Å². The predicted molar refractivity (Wildman–Crippen MR) is 67.1 cm³/mol. The molecule has 0 spiro atoms. The molecule has 2 rings (SSSR count). The highest BCUT2D eigenvalue weighted by molar-refractivity contribution is 5.42.